The molecule has 0 bridgehead atoms. The Bertz CT molecular complexity index is 362. The van der Waals surface area contributed by atoms with Crippen LogP contribution < -0.4 is 19.7 Å². The third-order valence-corrected chi connectivity index (χ3v) is 3.02. The normalized spacial score (nSPS) is 15.8. The van der Waals surface area contributed by atoms with Gasteiger partial charge >= 0.3 is 0 Å². The molecule has 1 aliphatic rings. The van der Waals surface area contributed by atoms with E-state index in [9.17, 15) is 0 Å². The number of anilines is 1. The fourth-order valence-electron chi connectivity index (χ4n) is 1.90. The second kappa shape index (κ2) is 4.61. The number of likely N-dealkylation sites (N-methyl/N-ethyl adjacent to an activating group) is 1. The van der Waals surface area contributed by atoms with Crippen LogP contribution in [-0.4, -0.2) is 40.4 Å². The molecule has 0 amide bonds. The first-order chi connectivity index (χ1) is 7.78. The molecule has 0 spiro atoms. The SMILES string of the molecule is CNC1CN(c2cc(OC)ccc2OC)C1. The van der Waals surface area contributed by atoms with E-state index in [2.05, 4.69) is 10.2 Å². The first-order valence-corrected chi connectivity index (χ1v) is 5.42. The van der Waals surface area contributed by atoms with Crippen LogP contribution in [0.2, 0.25) is 0 Å². The smallest absolute Gasteiger partial charge is 0.142 e. The Hall–Kier alpha value is -1.42. The molecule has 0 radical (unpaired) electrons. The monoisotopic (exact) mass is 222 g/mol. The lowest BCUT2D eigenvalue weighted by Crippen LogP contribution is -2.57. The summed E-state index contributed by atoms with van der Waals surface area (Å²) in [5.41, 5.74) is 1.10. The van der Waals surface area contributed by atoms with Crippen molar-refractivity contribution >= 4 is 5.69 Å². The molecule has 1 fully saturated rings. The Kier molecular flexibility index (Phi) is 3.19. The molecule has 1 aliphatic heterocycles. The number of ether oxygens (including phenoxy) is 2. The zero-order valence-electron chi connectivity index (χ0n) is 9.99. The zero-order chi connectivity index (χ0) is 11.5. The zero-order valence-corrected chi connectivity index (χ0v) is 9.99. The quantitative estimate of drug-likeness (QED) is 0.827. The van der Waals surface area contributed by atoms with Crippen molar-refractivity contribution in [1.82, 2.24) is 5.32 Å². The molecule has 2 rings (SSSR count). The van der Waals surface area contributed by atoms with E-state index >= 15 is 0 Å². The highest BCUT2D eigenvalue weighted by Gasteiger charge is 2.27. The van der Waals surface area contributed by atoms with Crippen LogP contribution in [0.3, 0.4) is 0 Å². The summed E-state index contributed by atoms with van der Waals surface area (Å²) in [4.78, 5) is 2.28. The summed E-state index contributed by atoms with van der Waals surface area (Å²) in [5.74, 6) is 1.76. The molecule has 0 aliphatic carbocycles. The van der Waals surface area contributed by atoms with E-state index in [1.165, 1.54) is 0 Å². The molecule has 1 aromatic rings. The molecule has 1 saturated heterocycles. The predicted octanol–water partition coefficient (Wildman–Crippen LogP) is 1.11. The fraction of sp³-hybridized carbons (Fsp3) is 0.500. The molecule has 16 heavy (non-hydrogen) atoms. The Morgan fingerprint density at radius 3 is 2.56 bits per heavy atom. The molecule has 0 aromatic heterocycles. The summed E-state index contributed by atoms with van der Waals surface area (Å²) in [6.07, 6.45) is 0. The number of hydrogen-bond donors (Lipinski definition) is 1. The first-order valence-electron chi connectivity index (χ1n) is 5.42. The van der Waals surface area contributed by atoms with Crippen molar-refractivity contribution in [2.45, 2.75) is 6.04 Å². The highest BCUT2D eigenvalue weighted by atomic mass is 16.5. The van der Waals surface area contributed by atoms with E-state index in [0.717, 1.165) is 30.3 Å². The lowest BCUT2D eigenvalue weighted by Gasteiger charge is -2.41. The Balaban J connectivity index is 2.18. The van der Waals surface area contributed by atoms with E-state index in [4.69, 9.17) is 9.47 Å². The largest absolute Gasteiger partial charge is 0.497 e. The van der Waals surface area contributed by atoms with Gasteiger partial charge in [-0.15, -0.1) is 0 Å². The van der Waals surface area contributed by atoms with E-state index < -0.39 is 0 Å². The van der Waals surface area contributed by atoms with Crippen molar-refractivity contribution in [1.29, 1.82) is 0 Å². The van der Waals surface area contributed by atoms with Crippen molar-refractivity contribution < 1.29 is 9.47 Å². The molecule has 0 unspecified atom stereocenters. The van der Waals surface area contributed by atoms with Gasteiger partial charge in [0.15, 0.2) is 0 Å². The molecule has 0 atom stereocenters. The van der Waals surface area contributed by atoms with E-state index in [1.807, 2.05) is 25.2 Å². The average Bonchev–Trinajstić information content (AvgIpc) is 2.27. The van der Waals surface area contributed by atoms with Crippen molar-refractivity contribution in [3.8, 4) is 11.5 Å². The third-order valence-electron chi connectivity index (χ3n) is 3.02. The number of nitrogens with one attached hydrogen (secondary N) is 1. The van der Waals surface area contributed by atoms with Crippen molar-refractivity contribution in [2.75, 3.05) is 39.3 Å². The van der Waals surface area contributed by atoms with Gasteiger partial charge in [0.25, 0.3) is 0 Å². The van der Waals surface area contributed by atoms with Crippen LogP contribution in [0.5, 0.6) is 11.5 Å². The lowest BCUT2D eigenvalue weighted by atomic mass is 10.1. The number of benzene rings is 1. The number of nitrogens with zero attached hydrogens (tertiary/aromatic N) is 1. The molecule has 4 nitrogen and oxygen atoms in total. The summed E-state index contributed by atoms with van der Waals surface area (Å²) in [7, 11) is 5.36. The topological polar surface area (TPSA) is 33.7 Å². The maximum absolute atomic E-state index is 5.35. The van der Waals surface area contributed by atoms with Crippen molar-refractivity contribution in [3.05, 3.63) is 18.2 Å². The summed E-state index contributed by atoms with van der Waals surface area (Å²) >= 11 is 0. The average molecular weight is 222 g/mol. The number of rotatable bonds is 4. The predicted molar refractivity (Wildman–Crippen MR) is 64.6 cm³/mol. The van der Waals surface area contributed by atoms with E-state index in [0.29, 0.717) is 6.04 Å². The highest BCUT2D eigenvalue weighted by Crippen LogP contribution is 2.34. The molecule has 0 saturated carbocycles. The highest BCUT2D eigenvalue weighted by molar-refractivity contribution is 5.63. The maximum atomic E-state index is 5.35. The Morgan fingerprint density at radius 1 is 1.25 bits per heavy atom. The van der Waals surface area contributed by atoms with Crippen LogP contribution in [-0.2, 0) is 0 Å². The lowest BCUT2D eigenvalue weighted by molar-refractivity contribution is 0.393. The second-order valence-corrected chi connectivity index (χ2v) is 3.93. The summed E-state index contributed by atoms with van der Waals surface area (Å²) in [5, 5.41) is 3.25. The molecule has 1 N–H and O–H groups in total. The Labute approximate surface area is 96.2 Å². The third kappa shape index (κ3) is 1.93. The van der Waals surface area contributed by atoms with E-state index in [-0.39, 0.29) is 0 Å². The van der Waals surface area contributed by atoms with Crippen molar-refractivity contribution in [3.63, 3.8) is 0 Å². The van der Waals surface area contributed by atoms with Gasteiger partial charge in [-0.1, -0.05) is 0 Å². The van der Waals surface area contributed by atoms with Crippen LogP contribution in [0, 0.1) is 0 Å². The molecule has 1 aromatic carbocycles. The summed E-state index contributed by atoms with van der Waals surface area (Å²) < 4.78 is 10.6. The molecule has 88 valence electrons. The van der Waals surface area contributed by atoms with Crippen LogP contribution in [0.15, 0.2) is 18.2 Å². The van der Waals surface area contributed by atoms with Gasteiger partial charge < -0.3 is 19.7 Å². The second-order valence-electron chi connectivity index (χ2n) is 3.93. The van der Waals surface area contributed by atoms with Gasteiger partial charge in [-0.2, -0.15) is 0 Å². The van der Waals surface area contributed by atoms with Crippen LogP contribution in [0.4, 0.5) is 5.69 Å². The van der Waals surface area contributed by atoms with Crippen LogP contribution in [0.1, 0.15) is 0 Å². The number of methoxy groups -OCH3 is 2. The van der Waals surface area contributed by atoms with Crippen LogP contribution in [0.25, 0.3) is 0 Å². The van der Waals surface area contributed by atoms with Gasteiger partial charge in [0, 0.05) is 25.2 Å². The minimum absolute atomic E-state index is 0.580. The maximum Gasteiger partial charge on any atom is 0.142 e. The van der Waals surface area contributed by atoms with Gasteiger partial charge in [0.05, 0.1) is 19.9 Å². The molecule has 4 heteroatoms. The van der Waals surface area contributed by atoms with Gasteiger partial charge in [-0.25, -0.2) is 0 Å². The standard InChI is InChI=1S/C12H18N2O2/c1-13-9-7-14(8-9)11-6-10(15-2)4-5-12(11)16-3/h4-6,9,13H,7-8H2,1-3H3. The van der Waals surface area contributed by atoms with Gasteiger partial charge in [-0.3, -0.25) is 0 Å². The van der Waals surface area contributed by atoms with Crippen LogP contribution >= 0.6 is 0 Å². The minimum Gasteiger partial charge on any atom is -0.497 e. The minimum atomic E-state index is 0.580. The fourth-order valence-corrected chi connectivity index (χ4v) is 1.90. The van der Waals surface area contributed by atoms with Crippen molar-refractivity contribution in [2.24, 2.45) is 0 Å². The van der Waals surface area contributed by atoms with E-state index in [1.54, 1.807) is 14.2 Å². The van der Waals surface area contributed by atoms with Gasteiger partial charge in [0.2, 0.25) is 0 Å². The summed E-state index contributed by atoms with van der Waals surface area (Å²) in [6.45, 7) is 2.03. The molecule has 1 heterocycles. The first kappa shape index (κ1) is 11.1. The van der Waals surface area contributed by atoms with Gasteiger partial charge in [0.1, 0.15) is 11.5 Å². The Morgan fingerprint density at radius 2 is 2.00 bits per heavy atom. The molecular formula is C12H18N2O2. The van der Waals surface area contributed by atoms with Gasteiger partial charge in [-0.05, 0) is 19.2 Å². The number of hydrogen-bond acceptors (Lipinski definition) is 4. The summed E-state index contributed by atoms with van der Waals surface area (Å²) in [6, 6.07) is 6.46. The molecular weight excluding hydrogens is 204 g/mol.